The molecule has 0 radical (unpaired) electrons. The molecule has 2 nitrogen and oxygen atoms in total. The van der Waals surface area contributed by atoms with Crippen LogP contribution in [0.3, 0.4) is 0 Å². The molecule has 0 spiro atoms. The largest absolute Gasteiger partial charge is 0.331 e. The zero-order valence-electron chi connectivity index (χ0n) is 8.10. The highest BCUT2D eigenvalue weighted by Gasteiger charge is 2.07. The van der Waals surface area contributed by atoms with Gasteiger partial charge in [0.15, 0.2) is 0 Å². The summed E-state index contributed by atoms with van der Waals surface area (Å²) in [7, 11) is 1.97. The summed E-state index contributed by atoms with van der Waals surface area (Å²) >= 11 is 1.65. The maximum absolute atomic E-state index is 5.78. The summed E-state index contributed by atoms with van der Waals surface area (Å²) in [5, 5.41) is 0.857. The van der Waals surface area contributed by atoms with Gasteiger partial charge in [-0.2, -0.15) is 0 Å². The summed E-state index contributed by atoms with van der Waals surface area (Å²) in [6.07, 6.45) is 3.06. The Kier molecular flexibility index (Phi) is 2.50. The van der Waals surface area contributed by atoms with Gasteiger partial charge < -0.3 is 0 Å². The van der Waals surface area contributed by atoms with Gasteiger partial charge in [0.25, 0.3) is 0 Å². The number of rotatable bonds is 2. The van der Waals surface area contributed by atoms with Crippen molar-refractivity contribution in [2.75, 3.05) is 5.73 Å². The third-order valence-corrected chi connectivity index (χ3v) is 3.15. The fourth-order valence-corrected chi connectivity index (χ4v) is 2.31. The van der Waals surface area contributed by atoms with E-state index in [0.29, 0.717) is 0 Å². The number of aryl methyl sites for hydroxylation is 1. The van der Waals surface area contributed by atoms with E-state index < -0.39 is 0 Å². The molecule has 1 heterocycles. The Balaban J connectivity index is 2.19. The fourth-order valence-electron chi connectivity index (χ4n) is 1.39. The van der Waals surface area contributed by atoms with Crippen LogP contribution in [0.2, 0.25) is 0 Å². The minimum Gasteiger partial charge on any atom is -0.278 e. The lowest BCUT2D eigenvalue weighted by Gasteiger charge is -1.94. The summed E-state index contributed by atoms with van der Waals surface area (Å²) < 4.78 is 1.96. The van der Waals surface area contributed by atoms with Crippen LogP contribution in [-0.2, 0) is 13.5 Å². The van der Waals surface area contributed by atoms with Crippen LogP contribution in [0.4, 0.5) is 5.13 Å². The number of nitrogens with two attached hydrogens (primary N) is 1. The first-order valence-electron chi connectivity index (χ1n) is 4.53. The van der Waals surface area contributed by atoms with Crippen LogP contribution in [0.1, 0.15) is 10.4 Å². The number of nitrogen functional groups attached to an aromatic ring is 1. The Hall–Kier alpha value is -1.35. The van der Waals surface area contributed by atoms with Crippen LogP contribution in [0.15, 0.2) is 36.5 Å². The van der Waals surface area contributed by atoms with E-state index in [1.165, 1.54) is 10.4 Å². The first-order chi connectivity index (χ1) is 6.75. The van der Waals surface area contributed by atoms with Crippen LogP contribution in [0.25, 0.3) is 0 Å². The summed E-state index contributed by atoms with van der Waals surface area (Å²) in [5.74, 6) is 0. The van der Waals surface area contributed by atoms with Gasteiger partial charge in [-0.15, -0.1) is 0 Å². The number of benzene rings is 1. The highest BCUT2D eigenvalue weighted by Crippen LogP contribution is 2.16. The number of hydrogen-bond donors (Lipinski definition) is 1. The van der Waals surface area contributed by atoms with Crippen LogP contribution >= 0.6 is 11.3 Å². The van der Waals surface area contributed by atoms with Crippen molar-refractivity contribution in [3.8, 4) is 0 Å². The number of hydrogen-bond acceptors (Lipinski definition) is 2. The molecular formula is C11H13N2S+. The highest BCUT2D eigenvalue weighted by atomic mass is 32.1. The van der Waals surface area contributed by atoms with Crippen molar-refractivity contribution in [2.45, 2.75) is 6.42 Å². The molecule has 3 heteroatoms. The smallest absolute Gasteiger partial charge is 0.278 e. The average Bonchev–Trinajstić information content (AvgIpc) is 2.47. The lowest BCUT2D eigenvalue weighted by atomic mass is 10.1. The van der Waals surface area contributed by atoms with Gasteiger partial charge in [-0.1, -0.05) is 41.7 Å². The fraction of sp³-hybridized carbons (Fsp3) is 0.182. The summed E-state index contributed by atoms with van der Waals surface area (Å²) in [6.45, 7) is 0. The molecule has 0 unspecified atom stereocenters. The number of nitrogens with zero attached hydrogens (tertiary/aromatic N) is 1. The molecule has 0 aliphatic rings. The minimum absolute atomic E-state index is 0.857. The SMILES string of the molecule is C[n+]1cc(Cc2ccccc2)sc1N. The van der Waals surface area contributed by atoms with Crippen molar-refractivity contribution in [1.82, 2.24) is 0 Å². The van der Waals surface area contributed by atoms with Gasteiger partial charge in [0, 0.05) is 6.42 Å². The maximum Gasteiger partial charge on any atom is 0.331 e. The molecule has 2 N–H and O–H groups in total. The molecule has 0 fully saturated rings. The number of aromatic nitrogens is 1. The van der Waals surface area contributed by atoms with Gasteiger partial charge in [0.1, 0.15) is 6.20 Å². The standard InChI is InChI=1S/C11H12N2S/c1-13-8-10(14-11(13)12)7-9-5-3-2-4-6-9/h2-6,8,12H,7H2,1H3/p+1. The first-order valence-corrected chi connectivity index (χ1v) is 5.35. The van der Waals surface area contributed by atoms with Crippen molar-refractivity contribution in [3.05, 3.63) is 47.0 Å². The Morgan fingerprint density at radius 1 is 1.29 bits per heavy atom. The van der Waals surface area contributed by atoms with Gasteiger partial charge in [0.05, 0.1) is 11.9 Å². The van der Waals surface area contributed by atoms with Crippen molar-refractivity contribution in [1.29, 1.82) is 0 Å². The van der Waals surface area contributed by atoms with Crippen LogP contribution in [0, 0.1) is 0 Å². The Bertz CT molecular complexity index is 401. The summed E-state index contributed by atoms with van der Waals surface area (Å²) in [5.41, 5.74) is 7.10. The van der Waals surface area contributed by atoms with E-state index in [0.717, 1.165) is 11.6 Å². The average molecular weight is 205 g/mol. The molecule has 0 bridgehead atoms. The van der Waals surface area contributed by atoms with Crippen molar-refractivity contribution < 1.29 is 4.57 Å². The van der Waals surface area contributed by atoms with Gasteiger partial charge in [0.2, 0.25) is 0 Å². The summed E-state index contributed by atoms with van der Waals surface area (Å²) in [4.78, 5) is 1.30. The van der Waals surface area contributed by atoms with E-state index in [-0.39, 0.29) is 0 Å². The van der Waals surface area contributed by atoms with E-state index in [1.54, 1.807) is 11.3 Å². The Morgan fingerprint density at radius 2 is 2.00 bits per heavy atom. The molecule has 0 amide bonds. The zero-order chi connectivity index (χ0) is 9.97. The quantitative estimate of drug-likeness (QED) is 0.744. The van der Waals surface area contributed by atoms with E-state index in [9.17, 15) is 0 Å². The predicted octanol–water partition coefficient (Wildman–Crippen LogP) is 1.75. The first kappa shape index (κ1) is 9.21. The van der Waals surface area contributed by atoms with Gasteiger partial charge in [-0.25, -0.2) is 4.57 Å². The Labute approximate surface area is 87.6 Å². The van der Waals surface area contributed by atoms with Crippen molar-refractivity contribution in [2.24, 2.45) is 7.05 Å². The molecule has 14 heavy (non-hydrogen) atoms. The van der Waals surface area contributed by atoms with E-state index in [4.69, 9.17) is 5.73 Å². The second-order valence-corrected chi connectivity index (χ2v) is 4.46. The third kappa shape index (κ3) is 1.93. The molecule has 2 rings (SSSR count). The van der Waals surface area contributed by atoms with E-state index in [2.05, 4.69) is 30.5 Å². The van der Waals surface area contributed by atoms with Gasteiger partial charge in [-0.05, 0) is 5.56 Å². The van der Waals surface area contributed by atoms with Gasteiger partial charge in [-0.3, -0.25) is 5.73 Å². The summed E-state index contributed by atoms with van der Waals surface area (Å²) in [6, 6.07) is 10.4. The zero-order valence-corrected chi connectivity index (χ0v) is 8.92. The minimum atomic E-state index is 0.857. The maximum atomic E-state index is 5.78. The third-order valence-electron chi connectivity index (χ3n) is 2.14. The molecule has 0 aliphatic heterocycles. The second-order valence-electron chi connectivity index (χ2n) is 3.31. The number of thiazole rings is 1. The highest BCUT2D eigenvalue weighted by molar-refractivity contribution is 7.14. The normalized spacial score (nSPS) is 10.4. The molecule has 72 valence electrons. The second kappa shape index (κ2) is 3.80. The monoisotopic (exact) mass is 205 g/mol. The lowest BCUT2D eigenvalue weighted by molar-refractivity contribution is -0.652. The molecule has 0 atom stereocenters. The number of anilines is 1. The molecule has 0 saturated carbocycles. The lowest BCUT2D eigenvalue weighted by Crippen LogP contribution is -2.27. The molecule has 1 aromatic carbocycles. The van der Waals surface area contributed by atoms with Crippen LogP contribution < -0.4 is 10.3 Å². The van der Waals surface area contributed by atoms with Crippen molar-refractivity contribution >= 4 is 16.5 Å². The van der Waals surface area contributed by atoms with Crippen LogP contribution in [0.5, 0.6) is 0 Å². The van der Waals surface area contributed by atoms with Gasteiger partial charge >= 0.3 is 5.13 Å². The molecule has 0 aliphatic carbocycles. The van der Waals surface area contributed by atoms with Crippen molar-refractivity contribution in [3.63, 3.8) is 0 Å². The van der Waals surface area contributed by atoms with E-state index >= 15 is 0 Å². The molecular weight excluding hydrogens is 192 g/mol. The molecule has 1 aromatic heterocycles. The molecule has 0 saturated heterocycles. The molecule has 2 aromatic rings. The topological polar surface area (TPSA) is 29.9 Å². The van der Waals surface area contributed by atoms with E-state index in [1.807, 2.05) is 17.7 Å². The predicted molar refractivity (Wildman–Crippen MR) is 59.2 cm³/mol. The Morgan fingerprint density at radius 3 is 2.57 bits per heavy atom. The van der Waals surface area contributed by atoms with Crippen LogP contribution in [-0.4, -0.2) is 0 Å².